The second-order valence-electron chi connectivity index (χ2n) is 15.4. The molecule has 0 radical (unpaired) electrons. The van der Waals surface area contributed by atoms with Crippen molar-refractivity contribution in [2.45, 2.75) is 26.2 Å². The predicted molar refractivity (Wildman–Crippen MR) is 244 cm³/mol. The molecule has 57 heavy (non-hydrogen) atoms. The third-order valence-corrected chi connectivity index (χ3v) is 13.4. The van der Waals surface area contributed by atoms with E-state index in [4.69, 9.17) is 9.97 Å². The Morgan fingerprint density at radius 1 is 0.526 bits per heavy atom. The van der Waals surface area contributed by atoms with E-state index in [9.17, 15) is 0 Å². The Balaban J connectivity index is 0.944. The average Bonchev–Trinajstić information content (AvgIpc) is 3.85. The maximum Gasteiger partial charge on any atom is 0.124 e. The van der Waals surface area contributed by atoms with Crippen LogP contribution in [0.25, 0.3) is 41.6 Å². The molecule has 0 unspecified atom stereocenters. The number of hydrogen-bond acceptors (Lipinski definition) is 7. The van der Waals surface area contributed by atoms with E-state index < -0.39 is 0 Å². The first-order chi connectivity index (χ1) is 27.7. The van der Waals surface area contributed by atoms with Gasteiger partial charge in [-0.25, -0.2) is 9.97 Å². The molecule has 0 bridgehead atoms. The molecule has 3 heterocycles. The summed E-state index contributed by atoms with van der Waals surface area (Å²) < 4.78 is 2.28. The zero-order valence-electron chi connectivity index (χ0n) is 32.6. The smallest absolute Gasteiger partial charge is 0.124 e. The van der Waals surface area contributed by atoms with Gasteiger partial charge in [0.05, 0.1) is 43.2 Å². The predicted octanol–water partition coefficient (Wildman–Crippen LogP) is 14.2. The Morgan fingerprint density at radius 3 is 1.54 bits per heavy atom. The van der Waals surface area contributed by atoms with Crippen molar-refractivity contribution in [2.24, 2.45) is 0 Å². The molecule has 9 aromatic rings. The molecule has 1 aliphatic heterocycles. The molecule has 0 amide bonds. The summed E-state index contributed by atoms with van der Waals surface area (Å²) in [5.41, 5.74) is 16.2. The summed E-state index contributed by atoms with van der Waals surface area (Å²) in [6, 6.07) is 56.8. The third-order valence-electron chi connectivity index (χ3n) is 11.2. The zero-order chi connectivity index (χ0) is 38.8. The van der Waals surface area contributed by atoms with Crippen molar-refractivity contribution in [3.63, 3.8) is 0 Å². The Morgan fingerprint density at radius 2 is 1.00 bits per heavy atom. The molecule has 7 aromatic carbocycles. The standard InChI is InChI=1S/C50H41N5S2/c1-32-14-6-9-17-41(32)54(45-21-13-12-20-44(45)53(4)5)35-26-22-33(23-27-35)48-51-39-30-47-40(31-46(39)56-48)52-49(57-47)34-24-28-36(29-25-34)55-42-18-10-7-15-37(42)50(2,3)38-16-8-11-19-43(38)55/h6-31H,1-5H3. The SMILES string of the molecule is Cc1ccccc1N(c1ccc(-c2nc3cc4sc(-c5ccc(N6c7ccccc7C(C)(C)c7ccccc76)cc5)nc4cc3s2)cc1)c1ccccc1N(C)C. The molecule has 2 aromatic heterocycles. The van der Waals surface area contributed by atoms with Gasteiger partial charge in [0.25, 0.3) is 0 Å². The van der Waals surface area contributed by atoms with Crippen molar-refractivity contribution in [2.75, 3.05) is 28.8 Å². The van der Waals surface area contributed by atoms with Crippen molar-refractivity contribution in [3.05, 3.63) is 174 Å². The molecule has 0 spiro atoms. The third kappa shape index (κ3) is 5.97. The molecule has 0 saturated carbocycles. The van der Waals surface area contributed by atoms with Crippen LogP contribution in [-0.2, 0) is 5.41 Å². The van der Waals surface area contributed by atoms with Crippen molar-refractivity contribution >= 4 is 82.9 Å². The number of para-hydroxylation sites is 5. The second-order valence-corrected chi connectivity index (χ2v) is 17.5. The summed E-state index contributed by atoms with van der Waals surface area (Å²) in [6.45, 7) is 6.82. The molecule has 0 fully saturated rings. The molecule has 5 nitrogen and oxygen atoms in total. The topological polar surface area (TPSA) is 35.5 Å². The van der Waals surface area contributed by atoms with Gasteiger partial charge in [-0.1, -0.05) is 80.6 Å². The highest BCUT2D eigenvalue weighted by molar-refractivity contribution is 7.23. The molecule has 0 atom stereocenters. The van der Waals surface area contributed by atoms with Gasteiger partial charge in [-0.15, -0.1) is 22.7 Å². The van der Waals surface area contributed by atoms with E-state index in [1.54, 1.807) is 22.7 Å². The molecule has 278 valence electrons. The van der Waals surface area contributed by atoms with E-state index in [-0.39, 0.29) is 5.41 Å². The summed E-state index contributed by atoms with van der Waals surface area (Å²) in [5, 5.41) is 2.02. The van der Waals surface area contributed by atoms with E-state index in [1.165, 1.54) is 28.1 Å². The number of aromatic nitrogens is 2. The van der Waals surface area contributed by atoms with Crippen LogP contribution >= 0.6 is 22.7 Å². The van der Waals surface area contributed by atoms with E-state index in [2.05, 4.69) is 207 Å². The highest BCUT2D eigenvalue weighted by atomic mass is 32.1. The lowest BCUT2D eigenvalue weighted by molar-refractivity contribution is 0.632. The lowest BCUT2D eigenvalue weighted by Crippen LogP contribution is -2.30. The number of anilines is 7. The van der Waals surface area contributed by atoms with Crippen molar-refractivity contribution in [1.29, 1.82) is 0 Å². The molecular formula is C50H41N5S2. The average molecular weight is 776 g/mol. The number of fused-ring (bicyclic) bond motifs is 4. The molecular weight excluding hydrogens is 735 g/mol. The van der Waals surface area contributed by atoms with E-state index in [0.29, 0.717) is 0 Å². The van der Waals surface area contributed by atoms with Crippen LogP contribution < -0.4 is 14.7 Å². The summed E-state index contributed by atoms with van der Waals surface area (Å²) in [6.07, 6.45) is 0. The van der Waals surface area contributed by atoms with Gasteiger partial charge in [0, 0.05) is 47.7 Å². The van der Waals surface area contributed by atoms with E-state index in [1.807, 2.05) is 0 Å². The minimum absolute atomic E-state index is 0.0818. The first kappa shape index (κ1) is 35.2. The molecule has 0 N–H and O–H groups in total. The summed E-state index contributed by atoms with van der Waals surface area (Å²) in [7, 11) is 4.19. The maximum absolute atomic E-state index is 5.14. The Labute approximate surface area is 341 Å². The molecule has 7 heteroatoms. The summed E-state index contributed by atoms with van der Waals surface area (Å²) in [5.74, 6) is 0. The molecule has 1 aliphatic rings. The first-order valence-electron chi connectivity index (χ1n) is 19.3. The fourth-order valence-corrected chi connectivity index (χ4v) is 10.3. The van der Waals surface area contributed by atoms with E-state index in [0.717, 1.165) is 70.0 Å². The van der Waals surface area contributed by atoms with Gasteiger partial charge in [0.1, 0.15) is 10.0 Å². The maximum atomic E-state index is 5.14. The van der Waals surface area contributed by atoms with Gasteiger partial charge in [-0.2, -0.15) is 0 Å². The Kier molecular flexibility index (Phi) is 8.47. The highest BCUT2D eigenvalue weighted by Gasteiger charge is 2.36. The molecule has 0 aliphatic carbocycles. The fourth-order valence-electron chi connectivity index (χ4n) is 8.30. The van der Waals surface area contributed by atoms with Crippen molar-refractivity contribution in [1.82, 2.24) is 9.97 Å². The van der Waals surface area contributed by atoms with Crippen LogP contribution in [0.5, 0.6) is 0 Å². The molecule has 10 rings (SSSR count). The van der Waals surface area contributed by atoms with E-state index >= 15 is 0 Å². The normalized spacial score (nSPS) is 13.1. The quantitative estimate of drug-likeness (QED) is 0.161. The van der Waals surface area contributed by atoms with Gasteiger partial charge >= 0.3 is 0 Å². The van der Waals surface area contributed by atoms with Crippen LogP contribution in [0.2, 0.25) is 0 Å². The van der Waals surface area contributed by atoms with Gasteiger partial charge < -0.3 is 14.7 Å². The number of benzene rings is 7. The van der Waals surface area contributed by atoms with Gasteiger partial charge in [-0.05, 0) is 115 Å². The van der Waals surface area contributed by atoms with Crippen LogP contribution in [0.3, 0.4) is 0 Å². The van der Waals surface area contributed by atoms with Gasteiger partial charge in [0.2, 0.25) is 0 Å². The number of nitrogens with zero attached hydrogens (tertiary/aromatic N) is 5. The van der Waals surface area contributed by atoms with Gasteiger partial charge in [0.15, 0.2) is 0 Å². The monoisotopic (exact) mass is 775 g/mol. The number of hydrogen-bond donors (Lipinski definition) is 0. The Hall–Kier alpha value is -6.28. The van der Waals surface area contributed by atoms with Crippen LogP contribution in [0.1, 0.15) is 30.5 Å². The van der Waals surface area contributed by atoms with Crippen LogP contribution in [0.15, 0.2) is 158 Å². The first-order valence-corrected chi connectivity index (χ1v) is 20.9. The summed E-state index contributed by atoms with van der Waals surface area (Å²) in [4.78, 5) is 17.2. The van der Waals surface area contributed by atoms with Crippen molar-refractivity contribution in [3.8, 4) is 21.1 Å². The zero-order valence-corrected chi connectivity index (χ0v) is 34.2. The van der Waals surface area contributed by atoms with Gasteiger partial charge in [-0.3, -0.25) is 0 Å². The van der Waals surface area contributed by atoms with Crippen LogP contribution in [0, 0.1) is 6.92 Å². The number of aryl methyl sites for hydroxylation is 1. The largest absolute Gasteiger partial charge is 0.376 e. The lowest BCUT2D eigenvalue weighted by atomic mass is 9.73. The minimum Gasteiger partial charge on any atom is -0.376 e. The molecule has 0 saturated heterocycles. The highest BCUT2D eigenvalue weighted by Crippen LogP contribution is 2.52. The Bertz CT molecular complexity index is 2840. The minimum atomic E-state index is -0.0818. The summed E-state index contributed by atoms with van der Waals surface area (Å²) >= 11 is 3.44. The lowest BCUT2D eigenvalue weighted by Gasteiger charge is -2.42. The van der Waals surface area contributed by atoms with Crippen LogP contribution in [-0.4, -0.2) is 24.1 Å². The van der Waals surface area contributed by atoms with Crippen molar-refractivity contribution < 1.29 is 0 Å². The number of thiazole rings is 2. The second kappa shape index (κ2) is 13.7. The fraction of sp³-hybridized carbons (Fsp3) is 0.120. The number of rotatable bonds is 7. The van der Waals surface area contributed by atoms with Crippen LogP contribution in [0.4, 0.5) is 39.8 Å².